The van der Waals surface area contributed by atoms with E-state index < -0.39 is 0 Å². The molecule has 0 radical (unpaired) electrons. The Morgan fingerprint density at radius 1 is 1.50 bits per heavy atom. The van der Waals surface area contributed by atoms with E-state index in [9.17, 15) is 0 Å². The fourth-order valence-electron chi connectivity index (χ4n) is 0.912. The molecular weight excluding hydrogens is 178 g/mol. The summed E-state index contributed by atoms with van der Waals surface area (Å²) in [5.41, 5.74) is -0.0554. The molecule has 14 heavy (non-hydrogen) atoms. The molecule has 0 unspecified atom stereocenters. The Morgan fingerprint density at radius 3 is 2.71 bits per heavy atom. The summed E-state index contributed by atoms with van der Waals surface area (Å²) in [6.07, 6.45) is 1.79. The molecule has 0 bridgehead atoms. The lowest BCUT2D eigenvalue weighted by Crippen LogP contribution is -2.15. The molecule has 0 amide bonds. The van der Waals surface area contributed by atoms with Crippen LogP contribution in [0.25, 0.3) is 0 Å². The van der Waals surface area contributed by atoms with E-state index in [1.165, 1.54) is 0 Å². The zero-order chi connectivity index (χ0) is 10.6. The first-order valence-corrected chi connectivity index (χ1v) is 4.68. The SMILES string of the molecule is C=CCNCc1nc(C(C)(C)C)no1. The maximum atomic E-state index is 5.08. The van der Waals surface area contributed by atoms with E-state index in [4.69, 9.17) is 4.52 Å². The molecule has 1 heterocycles. The van der Waals surface area contributed by atoms with Crippen molar-refractivity contribution in [2.75, 3.05) is 6.54 Å². The summed E-state index contributed by atoms with van der Waals surface area (Å²) >= 11 is 0. The van der Waals surface area contributed by atoms with Gasteiger partial charge in [-0.15, -0.1) is 6.58 Å². The van der Waals surface area contributed by atoms with Crippen LogP contribution in [0.15, 0.2) is 17.2 Å². The zero-order valence-corrected chi connectivity index (χ0v) is 9.00. The summed E-state index contributed by atoms with van der Waals surface area (Å²) < 4.78 is 5.08. The molecule has 0 aliphatic carbocycles. The highest BCUT2D eigenvalue weighted by Gasteiger charge is 2.20. The minimum atomic E-state index is -0.0554. The van der Waals surface area contributed by atoms with E-state index in [0.29, 0.717) is 12.4 Å². The Hall–Kier alpha value is -1.16. The predicted molar refractivity (Wildman–Crippen MR) is 54.9 cm³/mol. The predicted octanol–water partition coefficient (Wildman–Crippen LogP) is 1.64. The first-order chi connectivity index (χ1) is 6.54. The van der Waals surface area contributed by atoms with E-state index in [2.05, 4.69) is 42.8 Å². The molecule has 0 aromatic carbocycles. The lowest BCUT2D eigenvalue weighted by Gasteiger charge is -2.10. The fraction of sp³-hybridized carbons (Fsp3) is 0.600. The second-order valence-corrected chi connectivity index (χ2v) is 4.18. The summed E-state index contributed by atoms with van der Waals surface area (Å²) in [4.78, 5) is 4.28. The van der Waals surface area contributed by atoms with Crippen LogP contribution >= 0.6 is 0 Å². The largest absolute Gasteiger partial charge is 0.338 e. The molecule has 1 rings (SSSR count). The van der Waals surface area contributed by atoms with Gasteiger partial charge in [0.2, 0.25) is 5.89 Å². The van der Waals surface area contributed by atoms with Gasteiger partial charge in [0.15, 0.2) is 5.82 Å². The third-order valence-corrected chi connectivity index (χ3v) is 1.70. The van der Waals surface area contributed by atoms with Crippen molar-refractivity contribution in [3.8, 4) is 0 Å². The summed E-state index contributed by atoms with van der Waals surface area (Å²) in [6.45, 7) is 11.1. The molecule has 0 fully saturated rings. The van der Waals surface area contributed by atoms with Crippen LogP contribution in [0.3, 0.4) is 0 Å². The maximum absolute atomic E-state index is 5.08. The van der Waals surface area contributed by atoms with Gasteiger partial charge < -0.3 is 9.84 Å². The second kappa shape index (κ2) is 4.37. The highest BCUT2D eigenvalue weighted by Crippen LogP contribution is 2.18. The van der Waals surface area contributed by atoms with Gasteiger partial charge in [0.25, 0.3) is 0 Å². The van der Waals surface area contributed by atoms with Gasteiger partial charge in [-0.2, -0.15) is 4.98 Å². The van der Waals surface area contributed by atoms with Crippen LogP contribution in [-0.2, 0) is 12.0 Å². The highest BCUT2D eigenvalue weighted by atomic mass is 16.5. The normalized spacial score (nSPS) is 11.6. The highest BCUT2D eigenvalue weighted by molar-refractivity contribution is 4.99. The van der Waals surface area contributed by atoms with Crippen molar-refractivity contribution in [1.82, 2.24) is 15.5 Å². The molecule has 0 aliphatic heterocycles. The van der Waals surface area contributed by atoms with E-state index in [1.54, 1.807) is 6.08 Å². The van der Waals surface area contributed by atoms with Crippen LogP contribution in [0.1, 0.15) is 32.5 Å². The molecule has 1 aromatic heterocycles. The van der Waals surface area contributed by atoms with Gasteiger partial charge in [0.1, 0.15) is 0 Å². The van der Waals surface area contributed by atoms with Crippen LogP contribution < -0.4 is 5.32 Å². The lowest BCUT2D eigenvalue weighted by atomic mass is 9.96. The third-order valence-electron chi connectivity index (χ3n) is 1.70. The van der Waals surface area contributed by atoms with E-state index >= 15 is 0 Å². The van der Waals surface area contributed by atoms with Gasteiger partial charge in [0.05, 0.1) is 6.54 Å². The standard InChI is InChI=1S/C10H17N3O/c1-5-6-11-7-8-12-9(13-14-8)10(2,3)4/h5,11H,1,6-7H2,2-4H3. The molecule has 1 aromatic rings. The van der Waals surface area contributed by atoms with Gasteiger partial charge in [-0.05, 0) is 0 Å². The number of aromatic nitrogens is 2. The number of nitrogens with zero attached hydrogens (tertiary/aromatic N) is 2. The molecule has 0 spiro atoms. The smallest absolute Gasteiger partial charge is 0.240 e. The molecule has 0 aliphatic rings. The number of hydrogen-bond donors (Lipinski definition) is 1. The minimum absolute atomic E-state index is 0.0554. The van der Waals surface area contributed by atoms with Crippen molar-refractivity contribution in [1.29, 1.82) is 0 Å². The van der Waals surface area contributed by atoms with Crippen molar-refractivity contribution in [3.05, 3.63) is 24.4 Å². The first kappa shape index (κ1) is 10.9. The Morgan fingerprint density at radius 2 is 2.21 bits per heavy atom. The summed E-state index contributed by atoms with van der Waals surface area (Å²) in [5, 5.41) is 7.02. The fourth-order valence-corrected chi connectivity index (χ4v) is 0.912. The first-order valence-electron chi connectivity index (χ1n) is 4.68. The van der Waals surface area contributed by atoms with Gasteiger partial charge in [-0.1, -0.05) is 32.0 Å². The zero-order valence-electron chi connectivity index (χ0n) is 9.00. The number of hydrogen-bond acceptors (Lipinski definition) is 4. The molecule has 0 atom stereocenters. The van der Waals surface area contributed by atoms with Gasteiger partial charge in [-0.25, -0.2) is 0 Å². The number of nitrogens with one attached hydrogen (secondary N) is 1. The second-order valence-electron chi connectivity index (χ2n) is 4.18. The molecule has 4 nitrogen and oxygen atoms in total. The Balaban J connectivity index is 2.55. The van der Waals surface area contributed by atoms with Crippen LogP contribution in [0.5, 0.6) is 0 Å². The van der Waals surface area contributed by atoms with Gasteiger partial charge >= 0.3 is 0 Å². The monoisotopic (exact) mass is 195 g/mol. The van der Waals surface area contributed by atoms with Crippen molar-refractivity contribution >= 4 is 0 Å². The topological polar surface area (TPSA) is 51.0 Å². The minimum Gasteiger partial charge on any atom is -0.338 e. The van der Waals surface area contributed by atoms with Crippen molar-refractivity contribution in [3.63, 3.8) is 0 Å². The summed E-state index contributed by atoms with van der Waals surface area (Å²) in [6, 6.07) is 0. The average molecular weight is 195 g/mol. The van der Waals surface area contributed by atoms with Crippen LogP contribution in [-0.4, -0.2) is 16.7 Å². The van der Waals surface area contributed by atoms with Crippen molar-refractivity contribution in [2.45, 2.75) is 32.7 Å². The maximum Gasteiger partial charge on any atom is 0.240 e. The molecule has 1 N–H and O–H groups in total. The van der Waals surface area contributed by atoms with Crippen LogP contribution in [0, 0.1) is 0 Å². The molecular formula is C10H17N3O. The average Bonchev–Trinajstić information content (AvgIpc) is 2.52. The quantitative estimate of drug-likeness (QED) is 0.586. The Labute approximate surface area is 84.4 Å². The Bertz CT molecular complexity index is 299. The van der Waals surface area contributed by atoms with E-state index in [0.717, 1.165) is 12.4 Å². The van der Waals surface area contributed by atoms with Gasteiger partial charge in [0, 0.05) is 12.0 Å². The third kappa shape index (κ3) is 2.96. The molecule has 0 saturated carbocycles. The lowest BCUT2D eigenvalue weighted by molar-refractivity contribution is 0.356. The van der Waals surface area contributed by atoms with Crippen LogP contribution in [0.4, 0.5) is 0 Å². The van der Waals surface area contributed by atoms with Crippen LogP contribution in [0.2, 0.25) is 0 Å². The van der Waals surface area contributed by atoms with E-state index in [1.807, 2.05) is 0 Å². The van der Waals surface area contributed by atoms with Gasteiger partial charge in [-0.3, -0.25) is 0 Å². The molecule has 78 valence electrons. The Kier molecular flexibility index (Phi) is 3.41. The summed E-state index contributed by atoms with van der Waals surface area (Å²) in [5.74, 6) is 1.37. The summed E-state index contributed by atoms with van der Waals surface area (Å²) in [7, 11) is 0. The molecule has 4 heteroatoms. The number of rotatable bonds is 4. The van der Waals surface area contributed by atoms with E-state index in [-0.39, 0.29) is 5.41 Å². The van der Waals surface area contributed by atoms with Crippen molar-refractivity contribution in [2.24, 2.45) is 0 Å². The van der Waals surface area contributed by atoms with Crippen molar-refractivity contribution < 1.29 is 4.52 Å². The molecule has 0 saturated heterocycles.